The number of rotatable bonds is 13. The smallest absolute Gasteiger partial charge is 0.0541 e. The summed E-state index contributed by atoms with van der Waals surface area (Å²) in [5, 5.41) is 9.70. The van der Waals surface area contributed by atoms with Gasteiger partial charge in [0.1, 0.15) is 0 Å². The maximum atomic E-state index is 2.43. The van der Waals surface area contributed by atoms with E-state index in [9.17, 15) is 0 Å². The van der Waals surface area contributed by atoms with Crippen molar-refractivity contribution in [1.82, 2.24) is 4.57 Å². The zero-order valence-corrected chi connectivity index (χ0v) is 48.3. The predicted octanol–water partition coefficient (Wildman–Crippen LogP) is 23.7. The molecular formula is C84H58N4. The summed E-state index contributed by atoms with van der Waals surface area (Å²) in [5.74, 6) is 0. The van der Waals surface area contributed by atoms with Crippen molar-refractivity contribution in [3.8, 4) is 39.1 Å². The molecule has 0 N–H and O–H groups in total. The zero-order valence-electron chi connectivity index (χ0n) is 48.3. The highest BCUT2D eigenvalue weighted by molar-refractivity contribution is 6.12. The van der Waals surface area contributed by atoms with Gasteiger partial charge in [-0.05, 0) is 211 Å². The average Bonchev–Trinajstić information content (AvgIpc) is 1.80. The lowest BCUT2D eigenvalue weighted by Gasteiger charge is -2.26. The van der Waals surface area contributed by atoms with Gasteiger partial charge in [0.25, 0.3) is 0 Å². The molecule has 88 heavy (non-hydrogen) atoms. The lowest BCUT2D eigenvalue weighted by atomic mass is 9.99. The molecule has 0 unspecified atom stereocenters. The highest BCUT2D eigenvalue weighted by atomic mass is 15.2. The summed E-state index contributed by atoms with van der Waals surface area (Å²) in [7, 11) is 0. The molecule has 0 aliphatic carbocycles. The Morgan fingerprint density at radius 3 is 0.750 bits per heavy atom. The summed E-state index contributed by atoms with van der Waals surface area (Å²) < 4.78 is 2.43. The maximum absolute atomic E-state index is 2.43. The van der Waals surface area contributed by atoms with Gasteiger partial charge in [0, 0.05) is 67.6 Å². The first-order valence-electron chi connectivity index (χ1n) is 30.1. The van der Waals surface area contributed by atoms with E-state index in [0.29, 0.717) is 0 Å². The van der Waals surface area contributed by atoms with E-state index < -0.39 is 0 Å². The summed E-state index contributed by atoms with van der Waals surface area (Å²) >= 11 is 0. The number of nitrogens with zero attached hydrogens (tertiary/aromatic N) is 4. The number of para-hydroxylation sites is 3. The highest BCUT2D eigenvalue weighted by Gasteiger charge is 2.20. The molecule has 16 aromatic rings. The molecular weight excluding hydrogens is 1060 g/mol. The maximum Gasteiger partial charge on any atom is 0.0541 e. The molecule has 16 rings (SSSR count). The summed E-state index contributed by atoms with van der Waals surface area (Å²) in [4.78, 5) is 7.02. The van der Waals surface area contributed by atoms with Crippen LogP contribution in [0.5, 0.6) is 0 Å². The Kier molecular flexibility index (Phi) is 13.2. The number of aromatic nitrogens is 1. The van der Waals surface area contributed by atoms with Gasteiger partial charge >= 0.3 is 0 Å². The van der Waals surface area contributed by atoms with E-state index in [4.69, 9.17) is 0 Å². The van der Waals surface area contributed by atoms with Crippen LogP contribution >= 0.6 is 0 Å². The van der Waals surface area contributed by atoms with Crippen molar-refractivity contribution in [3.05, 3.63) is 352 Å². The van der Waals surface area contributed by atoms with Crippen molar-refractivity contribution in [2.45, 2.75) is 0 Å². The molecule has 4 nitrogen and oxygen atoms in total. The molecule has 4 heteroatoms. The van der Waals surface area contributed by atoms with E-state index >= 15 is 0 Å². The lowest BCUT2D eigenvalue weighted by molar-refractivity contribution is 1.18. The zero-order chi connectivity index (χ0) is 58.3. The first-order valence-corrected chi connectivity index (χ1v) is 30.1. The van der Waals surface area contributed by atoms with Crippen LogP contribution in [0.3, 0.4) is 0 Å². The van der Waals surface area contributed by atoms with Crippen molar-refractivity contribution in [1.29, 1.82) is 0 Å². The Balaban J connectivity index is 0.768. The molecule has 0 amide bonds. The van der Waals surface area contributed by atoms with Crippen LogP contribution in [-0.4, -0.2) is 4.57 Å². The number of hydrogen-bond donors (Lipinski definition) is 0. The number of anilines is 9. The minimum absolute atomic E-state index is 1.09. The first-order chi connectivity index (χ1) is 43.6. The number of fused-ring (bicyclic) bond motifs is 6. The second kappa shape index (κ2) is 22.4. The van der Waals surface area contributed by atoms with Crippen LogP contribution in [0.2, 0.25) is 0 Å². The third kappa shape index (κ3) is 9.75. The fourth-order valence-corrected chi connectivity index (χ4v) is 12.9. The predicted molar refractivity (Wildman–Crippen MR) is 374 cm³/mol. The normalized spacial score (nSPS) is 11.4. The van der Waals surface area contributed by atoms with E-state index in [1.165, 1.54) is 43.1 Å². The van der Waals surface area contributed by atoms with Gasteiger partial charge < -0.3 is 19.3 Å². The van der Waals surface area contributed by atoms with E-state index in [2.05, 4.69) is 371 Å². The number of benzene rings is 15. The van der Waals surface area contributed by atoms with Crippen LogP contribution in [0, 0.1) is 0 Å². The first kappa shape index (κ1) is 51.9. The topological polar surface area (TPSA) is 14.7 Å². The Labute approximate surface area is 512 Å². The average molecular weight is 1120 g/mol. The quantitative estimate of drug-likeness (QED) is 0.114. The van der Waals surface area contributed by atoms with Gasteiger partial charge in [0.2, 0.25) is 0 Å². The van der Waals surface area contributed by atoms with Crippen molar-refractivity contribution in [3.63, 3.8) is 0 Å². The molecule has 15 aromatic carbocycles. The second-order valence-corrected chi connectivity index (χ2v) is 22.6. The van der Waals surface area contributed by atoms with Crippen molar-refractivity contribution < 1.29 is 0 Å². The second-order valence-electron chi connectivity index (χ2n) is 22.6. The van der Waals surface area contributed by atoms with E-state index in [-0.39, 0.29) is 0 Å². The molecule has 0 atom stereocenters. The van der Waals surface area contributed by atoms with Gasteiger partial charge in [-0.1, -0.05) is 206 Å². The third-order valence-corrected chi connectivity index (χ3v) is 17.3. The van der Waals surface area contributed by atoms with Crippen LogP contribution in [0.1, 0.15) is 0 Å². The molecule has 0 saturated heterocycles. The molecule has 0 radical (unpaired) electrons. The molecule has 1 heterocycles. The Hall–Kier alpha value is -11.7. The van der Waals surface area contributed by atoms with Crippen LogP contribution in [0.15, 0.2) is 352 Å². The van der Waals surface area contributed by atoms with Gasteiger partial charge in [0.15, 0.2) is 0 Å². The molecule has 0 aliphatic heterocycles. The van der Waals surface area contributed by atoms with Crippen LogP contribution in [0.4, 0.5) is 51.2 Å². The summed E-state index contributed by atoms with van der Waals surface area (Å²) in [5.41, 5.74) is 20.3. The van der Waals surface area contributed by atoms with Crippen molar-refractivity contribution >= 4 is 105 Å². The number of hydrogen-bond acceptors (Lipinski definition) is 3. The van der Waals surface area contributed by atoms with E-state index in [1.54, 1.807) is 0 Å². The molecule has 0 bridgehead atoms. The van der Waals surface area contributed by atoms with Crippen LogP contribution in [-0.2, 0) is 0 Å². The largest absolute Gasteiger partial charge is 0.310 e. The Morgan fingerprint density at radius 2 is 0.420 bits per heavy atom. The van der Waals surface area contributed by atoms with Crippen LogP contribution < -0.4 is 14.7 Å². The molecule has 0 saturated carbocycles. The summed E-state index contributed by atoms with van der Waals surface area (Å²) in [6.45, 7) is 0. The highest BCUT2D eigenvalue weighted by Crippen LogP contribution is 2.43. The Bertz CT molecular complexity index is 4950. The molecule has 0 spiro atoms. The molecule has 0 fully saturated rings. The van der Waals surface area contributed by atoms with Gasteiger partial charge in [-0.3, -0.25) is 0 Å². The standard InChI is InChI=1S/C84H58N4/c1-4-22-71(23-5-1)85(78-49-36-59-16-10-13-19-66(59)54-78)74-41-28-62(29-42-74)63-30-47-77(48-31-63)88-83-52-39-69(64-32-43-75(44-33-64)86(72-24-6-2-7-25-72)79-50-37-60-17-11-14-20-67(60)55-79)57-81(83)82-58-70(40-53-84(82)88)65-34-45-76(46-35-65)87(73-26-8-3-9-27-73)80-51-38-61-18-12-15-21-68(61)56-80/h1-58H. The minimum atomic E-state index is 1.09. The van der Waals surface area contributed by atoms with E-state index in [0.717, 1.165) is 101 Å². The minimum Gasteiger partial charge on any atom is -0.310 e. The molecule has 1 aromatic heterocycles. The van der Waals surface area contributed by atoms with E-state index in [1.807, 2.05) is 0 Å². The molecule has 0 aliphatic rings. The fourth-order valence-electron chi connectivity index (χ4n) is 12.9. The van der Waals surface area contributed by atoms with Gasteiger partial charge in [-0.25, -0.2) is 0 Å². The Morgan fingerprint density at radius 1 is 0.170 bits per heavy atom. The van der Waals surface area contributed by atoms with Gasteiger partial charge in [-0.2, -0.15) is 0 Å². The SMILES string of the molecule is c1ccc(N(c2ccc(-c3ccc(-n4c5ccc(-c6ccc(N(c7ccccc7)c7ccc8ccccc8c7)cc6)cc5c5cc(-c6ccc(N(c7ccccc7)c7ccc8ccccc8c7)cc6)ccc54)cc3)cc2)c2ccc3ccccc3c2)cc1. The van der Waals surface area contributed by atoms with Crippen LogP contribution in [0.25, 0.3) is 93.2 Å². The third-order valence-electron chi connectivity index (χ3n) is 17.3. The van der Waals surface area contributed by atoms with Crippen molar-refractivity contribution in [2.24, 2.45) is 0 Å². The fraction of sp³-hybridized carbons (Fsp3) is 0. The summed E-state index contributed by atoms with van der Waals surface area (Å²) in [6, 6.07) is 128. The monoisotopic (exact) mass is 1120 g/mol. The molecule has 414 valence electrons. The van der Waals surface area contributed by atoms with Gasteiger partial charge in [0.05, 0.1) is 11.0 Å². The van der Waals surface area contributed by atoms with Gasteiger partial charge in [-0.15, -0.1) is 0 Å². The summed E-state index contributed by atoms with van der Waals surface area (Å²) in [6.07, 6.45) is 0. The lowest BCUT2D eigenvalue weighted by Crippen LogP contribution is -2.09. The van der Waals surface area contributed by atoms with Crippen molar-refractivity contribution in [2.75, 3.05) is 14.7 Å².